The minimum Gasteiger partial charge on any atom is -0.378 e. The SMILES string of the molecule is CN(C)c1cccc(CNC(=O)NC2CC2)c1. The maximum absolute atomic E-state index is 11.5. The Morgan fingerprint density at radius 1 is 1.41 bits per heavy atom. The number of amides is 2. The first-order chi connectivity index (χ1) is 8.15. The second-order valence-electron chi connectivity index (χ2n) is 4.67. The molecule has 1 aliphatic carbocycles. The van der Waals surface area contributed by atoms with Crippen molar-refractivity contribution in [3.63, 3.8) is 0 Å². The maximum Gasteiger partial charge on any atom is 0.315 e. The van der Waals surface area contributed by atoms with Crippen LogP contribution >= 0.6 is 0 Å². The van der Waals surface area contributed by atoms with Crippen LogP contribution in [-0.4, -0.2) is 26.2 Å². The number of rotatable bonds is 4. The summed E-state index contributed by atoms with van der Waals surface area (Å²) in [6.07, 6.45) is 2.23. The van der Waals surface area contributed by atoms with E-state index in [0.29, 0.717) is 12.6 Å². The van der Waals surface area contributed by atoms with Crippen molar-refractivity contribution in [3.05, 3.63) is 29.8 Å². The molecule has 0 heterocycles. The largest absolute Gasteiger partial charge is 0.378 e. The third kappa shape index (κ3) is 3.66. The van der Waals surface area contributed by atoms with Crippen LogP contribution in [0.15, 0.2) is 24.3 Å². The van der Waals surface area contributed by atoms with Crippen LogP contribution in [0.5, 0.6) is 0 Å². The molecule has 2 rings (SSSR count). The summed E-state index contributed by atoms with van der Waals surface area (Å²) in [7, 11) is 4.01. The van der Waals surface area contributed by atoms with Crippen molar-refractivity contribution in [2.75, 3.05) is 19.0 Å². The van der Waals surface area contributed by atoms with Gasteiger partial charge in [-0.3, -0.25) is 0 Å². The summed E-state index contributed by atoms with van der Waals surface area (Å²) in [4.78, 5) is 13.5. The predicted octanol–water partition coefficient (Wildman–Crippen LogP) is 1.71. The van der Waals surface area contributed by atoms with Gasteiger partial charge in [0.05, 0.1) is 0 Å². The zero-order valence-corrected chi connectivity index (χ0v) is 10.4. The molecule has 4 nitrogen and oxygen atoms in total. The summed E-state index contributed by atoms with van der Waals surface area (Å²) in [5, 5.41) is 5.77. The molecule has 0 spiro atoms. The minimum atomic E-state index is -0.0669. The standard InChI is InChI=1S/C13H19N3O/c1-16(2)12-5-3-4-10(8-12)9-14-13(17)15-11-6-7-11/h3-5,8,11H,6-7,9H2,1-2H3,(H2,14,15,17). The van der Waals surface area contributed by atoms with Gasteiger partial charge in [0.25, 0.3) is 0 Å². The molecule has 0 aliphatic heterocycles. The van der Waals surface area contributed by atoms with E-state index in [0.717, 1.165) is 24.1 Å². The van der Waals surface area contributed by atoms with Gasteiger partial charge in [0.1, 0.15) is 0 Å². The van der Waals surface area contributed by atoms with Gasteiger partial charge >= 0.3 is 6.03 Å². The molecule has 0 bridgehead atoms. The van der Waals surface area contributed by atoms with Crippen molar-refractivity contribution in [1.82, 2.24) is 10.6 Å². The summed E-state index contributed by atoms with van der Waals surface area (Å²) in [5.74, 6) is 0. The number of urea groups is 1. The van der Waals surface area contributed by atoms with E-state index < -0.39 is 0 Å². The van der Waals surface area contributed by atoms with Gasteiger partial charge in [-0.25, -0.2) is 4.79 Å². The molecule has 1 aromatic carbocycles. The topological polar surface area (TPSA) is 44.4 Å². The van der Waals surface area contributed by atoms with Crippen LogP contribution in [0.3, 0.4) is 0 Å². The Bertz CT molecular complexity index is 399. The minimum absolute atomic E-state index is 0.0669. The van der Waals surface area contributed by atoms with Gasteiger partial charge in [-0.15, -0.1) is 0 Å². The highest BCUT2D eigenvalue weighted by molar-refractivity contribution is 5.74. The summed E-state index contributed by atoms with van der Waals surface area (Å²) in [6, 6.07) is 8.49. The first-order valence-electron chi connectivity index (χ1n) is 5.96. The van der Waals surface area contributed by atoms with Crippen LogP contribution in [0.1, 0.15) is 18.4 Å². The fraction of sp³-hybridized carbons (Fsp3) is 0.462. The molecular weight excluding hydrogens is 214 g/mol. The van der Waals surface area contributed by atoms with Crippen LogP contribution < -0.4 is 15.5 Å². The number of hydrogen-bond acceptors (Lipinski definition) is 2. The average molecular weight is 233 g/mol. The van der Waals surface area contributed by atoms with Gasteiger partial charge in [-0.2, -0.15) is 0 Å². The Morgan fingerprint density at radius 2 is 2.18 bits per heavy atom. The fourth-order valence-electron chi connectivity index (χ4n) is 1.59. The van der Waals surface area contributed by atoms with Gasteiger partial charge in [0, 0.05) is 32.4 Å². The number of carbonyl (C=O) groups excluding carboxylic acids is 1. The number of benzene rings is 1. The summed E-state index contributed by atoms with van der Waals surface area (Å²) >= 11 is 0. The molecule has 2 N–H and O–H groups in total. The van der Waals surface area contributed by atoms with Crippen molar-refractivity contribution < 1.29 is 4.79 Å². The van der Waals surface area contributed by atoms with Crippen LogP contribution in [0.25, 0.3) is 0 Å². The fourth-order valence-corrected chi connectivity index (χ4v) is 1.59. The molecule has 1 aromatic rings. The van der Waals surface area contributed by atoms with Gasteiger partial charge in [0.15, 0.2) is 0 Å². The third-order valence-electron chi connectivity index (χ3n) is 2.79. The number of nitrogens with one attached hydrogen (secondary N) is 2. The Hall–Kier alpha value is -1.71. The van der Waals surface area contributed by atoms with Crippen molar-refractivity contribution in [2.45, 2.75) is 25.4 Å². The second kappa shape index (κ2) is 5.08. The molecule has 0 atom stereocenters. The van der Waals surface area contributed by atoms with E-state index >= 15 is 0 Å². The number of hydrogen-bond donors (Lipinski definition) is 2. The summed E-state index contributed by atoms with van der Waals surface area (Å²) < 4.78 is 0. The van der Waals surface area contributed by atoms with E-state index in [4.69, 9.17) is 0 Å². The van der Waals surface area contributed by atoms with E-state index in [9.17, 15) is 4.79 Å². The molecular formula is C13H19N3O. The predicted molar refractivity (Wildman–Crippen MR) is 69.2 cm³/mol. The number of anilines is 1. The summed E-state index contributed by atoms with van der Waals surface area (Å²) in [5.41, 5.74) is 2.26. The monoisotopic (exact) mass is 233 g/mol. The Labute approximate surface area is 102 Å². The second-order valence-corrected chi connectivity index (χ2v) is 4.67. The van der Waals surface area contributed by atoms with Crippen LogP contribution in [-0.2, 0) is 6.54 Å². The lowest BCUT2D eigenvalue weighted by Crippen LogP contribution is -2.36. The lowest BCUT2D eigenvalue weighted by molar-refractivity contribution is 0.240. The molecule has 1 aliphatic rings. The third-order valence-corrected chi connectivity index (χ3v) is 2.79. The van der Waals surface area contributed by atoms with Crippen LogP contribution in [0.4, 0.5) is 10.5 Å². The van der Waals surface area contributed by atoms with Crippen molar-refractivity contribution in [1.29, 1.82) is 0 Å². The highest BCUT2D eigenvalue weighted by atomic mass is 16.2. The van der Waals surface area contributed by atoms with Gasteiger partial charge < -0.3 is 15.5 Å². The molecule has 4 heteroatoms. The van der Waals surface area contributed by atoms with Gasteiger partial charge in [-0.1, -0.05) is 12.1 Å². The van der Waals surface area contributed by atoms with Crippen LogP contribution in [0.2, 0.25) is 0 Å². The first-order valence-corrected chi connectivity index (χ1v) is 5.96. The first kappa shape index (κ1) is 11.8. The molecule has 0 unspecified atom stereocenters. The molecule has 17 heavy (non-hydrogen) atoms. The zero-order valence-electron chi connectivity index (χ0n) is 10.4. The van der Waals surface area contributed by atoms with Crippen LogP contribution in [0, 0.1) is 0 Å². The van der Waals surface area contributed by atoms with Gasteiger partial charge in [0.2, 0.25) is 0 Å². The Morgan fingerprint density at radius 3 is 2.82 bits per heavy atom. The normalized spacial score (nSPS) is 14.2. The zero-order chi connectivity index (χ0) is 12.3. The Balaban J connectivity index is 1.84. The van der Waals surface area contributed by atoms with E-state index in [1.54, 1.807) is 0 Å². The molecule has 2 amide bonds. The quantitative estimate of drug-likeness (QED) is 0.831. The highest BCUT2D eigenvalue weighted by Gasteiger charge is 2.22. The van der Waals surface area contributed by atoms with E-state index in [1.165, 1.54) is 0 Å². The van der Waals surface area contributed by atoms with E-state index in [1.807, 2.05) is 37.2 Å². The van der Waals surface area contributed by atoms with E-state index in [-0.39, 0.29) is 6.03 Å². The van der Waals surface area contributed by atoms with Crippen molar-refractivity contribution in [2.24, 2.45) is 0 Å². The lowest BCUT2D eigenvalue weighted by Gasteiger charge is -2.14. The van der Waals surface area contributed by atoms with E-state index in [2.05, 4.69) is 16.7 Å². The van der Waals surface area contributed by atoms with Gasteiger partial charge in [-0.05, 0) is 30.5 Å². The molecule has 0 saturated heterocycles. The smallest absolute Gasteiger partial charge is 0.315 e. The molecule has 92 valence electrons. The van der Waals surface area contributed by atoms with Crippen molar-refractivity contribution in [3.8, 4) is 0 Å². The molecule has 1 saturated carbocycles. The summed E-state index contributed by atoms with van der Waals surface area (Å²) in [6.45, 7) is 0.570. The number of nitrogens with zero attached hydrogens (tertiary/aromatic N) is 1. The lowest BCUT2D eigenvalue weighted by atomic mass is 10.2. The molecule has 0 radical (unpaired) electrons. The average Bonchev–Trinajstić information content (AvgIpc) is 3.11. The van der Waals surface area contributed by atoms with Crippen molar-refractivity contribution >= 4 is 11.7 Å². The molecule has 1 fully saturated rings. The maximum atomic E-state index is 11.5. The molecule has 0 aromatic heterocycles. The number of carbonyl (C=O) groups is 1. The highest BCUT2D eigenvalue weighted by Crippen LogP contribution is 2.18. The Kier molecular flexibility index (Phi) is 3.52.